The minimum atomic E-state index is -0.515. The number of carbonyl (C=O) groups is 2. The number of hydrogen-bond acceptors (Lipinski definition) is 5. The van der Waals surface area contributed by atoms with Crippen LogP contribution in [0.5, 0.6) is 0 Å². The van der Waals surface area contributed by atoms with Crippen molar-refractivity contribution < 1.29 is 14.3 Å². The fraction of sp³-hybridized carbons (Fsp3) is 0.200. The Morgan fingerprint density at radius 3 is 2.70 bits per heavy atom. The zero-order valence-corrected chi connectivity index (χ0v) is 15.1. The van der Waals surface area contributed by atoms with Crippen LogP contribution in [0.15, 0.2) is 53.6 Å². The number of nitrogens with zero attached hydrogens (tertiary/aromatic N) is 2. The number of para-hydroxylation sites is 1. The molecule has 7 nitrogen and oxygen atoms in total. The fourth-order valence-corrected chi connectivity index (χ4v) is 2.85. The maximum absolute atomic E-state index is 12.5. The van der Waals surface area contributed by atoms with Crippen LogP contribution in [0.3, 0.4) is 0 Å². The number of anilines is 1. The molecular weight excluding hydrogens is 346 g/mol. The minimum absolute atomic E-state index is 0.0640. The van der Waals surface area contributed by atoms with E-state index in [2.05, 4.69) is 10.3 Å². The van der Waals surface area contributed by atoms with Gasteiger partial charge in [-0.25, -0.2) is 9.78 Å². The maximum Gasteiger partial charge on any atom is 0.340 e. The second kappa shape index (κ2) is 7.82. The van der Waals surface area contributed by atoms with E-state index in [1.807, 2.05) is 6.07 Å². The molecule has 0 saturated heterocycles. The topological polar surface area (TPSA) is 90.3 Å². The first-order chi connectivity index (χ1) is 13.0. The number of aryl methyl sites for hydroxylation is 2. The highest BCUT2D eigenvalue weighted by Gasteiger charge is 2.16. The van der Waals surface area contributed by atoms with Crippen molar-refractivity contribution in [3.63, 3.8) is 0 Å². The Labute approximate surface area is 155 Å². The molecule has 0 aliphatic carbocycles. The zero-order chi connectivity index (χ0) is 19.4. The van der Waals surface area contributed by atoms with Crippen LogP contribution in [0.2, 0.25) is 0 Å². The molecule has 0 aliphatic heterocycles. The molecule has 0 atom stereocenters. The van der Waals surface area contributed by atoms with Gasteiger partial charge >= 0.3 is 5.97 Å². The van der Waals surface area contributed by atoms with Crippen LogP contribution in [-0.2, 0) is 16.1 Å². The predicted octanol–water partition coefficient (Wildman–Crippen LogP) is 2.52. The Bertz CT molecular complexity index is 1070. The highest BCUT2D eigenvalue weighted by atomic mass is 16.5. The second-order valence-corrected chi connectivity index (χ2v) is 6.05. The lowest BCUT2D eigenvalue weighted by Crippen LogP contribution is -2.24. The summed E-state index contributed by atoms with van der Waals surface area (Å²) in [5.41, 5.74) is 1.83. The number of hydrogen-bond donors (Lipinski definition) is 1. The van der Waals surface area contributed by atoms with E-state index < -0.39 is 5.97 Å². The van der Waals surface area contributed by atoms with Crippen molar-refractivity contribution in [2.75, 3.05) is 12.4 Å². The Morgan fingerprint density at radius 1 is 1.15 bits per heavy atom. The highest BCUT2D eigenvalue weighted by molar-refractivity contribution is 6.02. The summed E-state index contributed by atoms with van der Waals surface area (Å²) in [6.07, 6.45) is 1.50. The molecule has 0 saturated carbocycles. The van der Waals surface area contributed by atoms with Gasteiger partial charge in [-0.05, 0) is 30.7 Å². The summed E-state index contributed by atoms with van der Waals surface area (Å²) in [7, 11) is 1.29. The van der Waals surface area contributed by atoms with Crippen molar-refractivity contribution in [1.29, 1.82) is 0 Å². The number of fused-ring (bicyclic) bond motifs is 1. The van der Waals surface area contributed by atoms with E-state index in [1.54, 1.807) is 43.3 Å². The zero-order valence-electron chi connectivity index (χ0n) is 15.1. The van der Waals surface area contributed by atoms with Crippen molar-refractivity contribution in [2.24, 2.45) is 0 Å². The van der Waals surface area contributed by atoms with Gasteiger partial charge in [0.25, 0.3) is 5.56 Å². The van der Waals surface area contributed by atoms with Crippen LogP contribution in [-0.4, -0.2) is 28.5 Å². The molecule has 3 rings (SSSR count). The molecule has 1 amide bonds. The molecule has 7 heteroatoms. The van der Waals surface area contributed by atoms with E-state index in [-0.39, 0.29) is 24.4 Å². The fourth-order valence-electron chi connectivity index (χ4n) is 2.85. The van der Waals surface area contributed by atoms with Gasteiger partial charge in [-0.3, -0.25) is 14.2 Å². The summed E-state index contributed by atoms with van der Waals surface area (Å²) in [4.78, 5) is 41.0. The Hall–Kier alpha value is -3.48. The number of carbonyl (C=O) groups excluding carboxylic acids is 2. The van der Waals surface area contributed by atoms with E-state index in [0.29, 0.717) is 27.7 Å². The summed E-state index contributed by atoms with van der Waals surface area (Å²) >= 11 is 0. The van der Waals surface area contributed by atoms with Crippen molar-refractivity contribution >= 4 is 28.5 Å². The van der Waals surface area contributed by atoms with E-state index in [9.17, 15) is 14.4 Å². The smallest absolute Gasteiger partial charge is 0.340 e. The SMILES string of the molecule is COC(=O)c1c(C)cccc1NC(=O)CCn1cnc2ccccc2c1=O. The lowest BCUT2D eigenvalue weighted by molar-refractivity contribution is -0.116. The predicted molar refractivity (Wildman–Crippen MR) is 102 cm³/mol. The number of rotatable bonds is 5. The van der Waals surface area contributed by atoms with Gasteiger partial charge in [0.1, 0.15) is 0 Å². The standard InChI is InChI=1S/C20H19N3O4/c1-13-6-5-9-16(18(13)20(26)27-2)22-17(24)10-11-23-12-21-15-8-4-3-7-14(15)19(23)25/h3-9,12H,10-11H2,1-2H3,(H,22,24). The highest BCUT2D eigenvalue weighted by Crippen LogP contribution is 2.20. The number of esters is 1. The van der Waals surface area contributed by atoms with E-state index >= 15 is 0 Å². The molecule has 0 fully saturated rings. The third kappa shape index (κ3) is 3.87. The molecule has 138 valence electrons. The average molecular weight is 365 g/mol. The summed E-state index contributed by atoms with van der Waals surface area (Å²) in [6, 6.07) is 12.2. The normalized spacial score (nSPS) is 10.6. The third-order valence-electron chi connectivity index (χ3n) is 4.25. The average Bonchev–Trinajstić information content (AvgIpc) is 2.67. The molecule has 1 heterocycles. The van der Waals surface area contributed by atoms with Gasteiger partial charge in [-0.15, -0.1) is 0 Å². The molecule has 0 unspecified atom stereocenters. The monoisotopic (exact) mass is 365 g/mol. The van der Waals surface area contributed by atoms with Crippen molar-refractivity contribution in [3.8, 4) is 0 Å². The molecule has 2 aromatic carbocycles. The molecule has 0 aliphatic rings. The first kappa shape index (κ1) is 18.3. The Balaban J connectivity index is 1.75. The molecule has 27 heavy (non-hydrogen) atoms. The Morgan fingerprint density at radius 2 is 1.93 bits per heavy atom. The number of ether oxygens (including phenoxy) is 1. The number of nitrogens with one attached hydrogen (secondary N) is 1. The van der Waals surface area contributed by atoms with Crippen LogP contribution in [0.1, 0.15) is 22.3 Å². The summed E-state index contributed by atoms with van der Waals surface area (Å²) in [5, 5.41) is 3.22. The number of benzene rings is 2. The minimum Gasteiger partial charge on any atom is -0.465 e. The van der Waals surface area contributed by atoms with Gasteiger partial charge in [-0.2, -0.15) is 0 Å². The summed E-state index contributed by atoms with van der Waals surface area (Å²) in [5.74, 6) is -0.829. The van der Waals surface area contributed by atoms with Crippen molar-refractivity contribution in [1.82, 2.24) is 9.55 Å². The molecule has 1 aromatic heterocycles. The van der Waals surface area contributed by atoms with Crippen LogP contribution in [0.4, 0.5) is 5.69 Å². The number of methoxy groups -OCH3 is 1. The first-order valence-electron chi connectivity index (χ1n) is 8.43. The molecule has 0 radical (unpaired) electrons. The lowest BCUT2D eigenvalue weighted by atomic mass is 10.1. The molecular formula is C20H19N3O4. The van der Waals surface area contributed by atoms with Gasteiger partial charge in [-0.1, -0.05) is 24.3 Å². The van der Waals surface area contributed by atoms with Gasteiger partial charge in [0.05, 0.1) is 35.6 Å². The van der Waals surface area contributed by atoms with Crippen LogP contribution >= 0.6 is 0 Å². The number of aromatic nitrogens is 2. The van der Waals surface area contributed by atoms with Gasteiger partial charge < -0.3 is 10.1 Å². The molecule has 0 bridgehead atoms. The van der Waals surface area contributed by atoms with Crippen molar-refractivity contribution in [3.05, 3.63) is 70.3 Å². The van der Waals surface area contributed by atoms with Gasteiger partial charge in [0.15, 0.2) is 0 Å². The molecule has 1 N–H and O–H groups in total. The van der Waals surface area contributed by atoms with E-state index in [1.165, 1.54) is 18.0 Å². The summed E-state index contributed by atoms with van der Waals surface area (Å²) < 4.78 is 6.18. The Kier molecular flexibility index (Phi) is 5.30. The van der Waals surface area contributed by atoms with Crippen LogP contribution in [0.25, 0.3) is 10.9 Å². The first-order valence-corrected chi connectivity index (χ1v) is 8.43. The van der Waals surface area contributed by atoms with E-state index in [0.717, 1.165) is 0 Å². The van der Waals surface area contributed by atoms with Crippen molar-refractivity contribution in [2.45, 2.75) is 19.9 Å². The quantitative estimate of drug-likeness (QED) is 0.702. The second-order valence-electron chi connectivity index (χ2n) is 6.05. The van der Waals surface area contributed by atoms with E-state index in [4.69, 9.17) is 4.74 Å². The van der Waals surface area contributed by atoms with Crippen LogP contribution in [0, 0.1) is 6.92 Å². The largest absolute Gasteiger partial charge is 0.465 e. The summed E-state index contributed by atoms with van der Waals surface area (Å²) in [6.45, 7) is 1.95. The van der Waals surface area contributed by atoms with Gasteiger partial charge in [0, 0.05) is 13.0 Å². The van der Waals surface area contributed by atoms with Crippen LogP contribution < -0.4 is 10.9 Å². The van der Waals surface area contributed by atoms with Gasteiger partial charge in [0.2, 0.25) is 5.91 Å². The molecule has 3 aromatic rings. The lowest BCUT2D eigenvalue weighted by Gasteiger charge is -2.12. The molecule has 0 spiro atoms. The number of amides is 1. The maximum atomic E-state index is 12.5. The third-order valence-corrected chi connectivity index (χ3v) is 4.25.